The number of thioether (sulfide) groups is 1. The minimum Gasteiger partial charge on any atom is -0.340 e. The summed E-state index contributed by atoms with van der Waals surface area (Å²) >= 11 is 1.87. The number of carbonyl (C=O) groups is 1. The molecule has 1 atom stereocenters. The van der Waals surface area contributed by atoms with Crippen LogP contribution < -0.4 is 5.32 Å². The highest BCUT2D eigenvalue weighted by atomic mass is 32.2. The second-order valence-corrected chi connectivity index (χ2v) is 9.12. The highest BCUT2D eigenvalue weighted by molar-refractivity contribution is 7.99. The van der Waals surface area contributed by atoms with Crippen molar-refractivity contribution in [3.8, 4) is 0 Å². The van der Waals surface area contributed by atoms with E-state index in [4.69, 9.17) is 0 Å². The van der Waals surface area contributed by atoms with Crippen molar-refractivity contribution >= 4 is 27.7 Å². The molecule has 24 heavy (non-hydrogen) atoms. The second kappa shape index (κ2) is 7.86. The highest BCUT2D eigenvalue weighted by Crippen LogP contribution is 2.18. The molecular formula is C16H23N3O3S2. The molecule has 0 saturated carbocycles. The van der Waals surface area contributed by atoms with Gasteiger partial charge in [0.1, 0.15) is 0 Å². The van der Waals surface area contributed by atoms with Crippen molar-refractivity contribution in [1.29, 1.82) is 0 Å². The quantitative estimate of drug-likeness (QED) is 0.842. The second-order valence-electron chi connectivity index (χ2n) is 6.03. The van der Waals surface area contributed by atoms with E-state index in [1.165, 1.54) is 4.31 Å². The fraction of sp³-hybridized carbons (Fsp3) is 0.562. The van der Waals surface area contributed by atoms with E-state index in [0.717, 1.165) is 18.1 Å². The number of sulfonamides is 1. The monoisotopic (exact) mass is 369 g/mol. The zero-order valence-electron chi connectivity index (χ0n) is 13.6. The predicted octanol–water partition coefficient (Wildman–Crippen LogP) is 0.615. The van der Waals surface area contributed by atoms with Gasteiger partial charge in [0.2, 0.25) is 15.9 Å². The van der Waals surface area contributed by atoms with Gasteiger partial charge in [-0.2, -0.15) is 16.1 Å². The predicted molar refractivity (Wildman–Crippen MR) is 95.5 cm³/mol. The number of hydrogen-bond acceptors (Lipinski definition) is 5. The SMILES string of the molecule is O=C(CC1CSCCN1)N1CCN(S(=O)(=O)c2ccccc2)CC1. The lowest BCUT2D eigenvalue weighted by Crippen LogP contribution is -2.52. The fourth-order valence-electron chi connectivity index (χ4n) is 3.01. The van der Waals surface area contributed by atoms with Crippen LogP contribution in [0, 0.1) is 0 Å². The van der Waals surface area contributed by atoms with Crippen LogP contribution in [0.15, 0.2) is 35.2 Å². The largest absolute Gasteiger partial charge is 0.340 e. The number of carbonyl (C=O) groups excluding carboxylic acids is 1. The first-order valence-electron chi connectivity index (χ1n) is 8.21. The van der Waals surface area contributed by atoms with Crippen LogP contribution in [0.1, 0.15) is 6.42 Å². The van der Waals surface area contributed by atoms with E-state index in [1.807, 2.05) is 11.8 Å². The molecular weight excluding hydrogens is 346 g/mol. The number of benzene rings is 1. The third-order valence-corrected chi connectivity index (χ3v) is 7.44. The number of rotatable bonds is 4. The van der Waals surface area contributed by atoms with Crippen molar-refractivity contribution in [2.75, 3.05) is 44.2 Å². The summed E-state index contributed by atoms with van der Waals surface area (Å²) in [5, 5.41) is 3.37. The minimum absolute atomic E-state index is 0.117. The van der Waals surface area contributed by atoms with Gasteiger partial charge in [0.25, 0.3) is 0 Å². The van der Waals surface area contributed by atoms with Gasteiger partial charge in [-0.05, 0) is 12.1 Å². The fourth-order valence-corrected chi connectivity index (χ4v) is 5.40. The van der Waals surface area contributed by atoms with Crippen LogP contribution in [-0.4, -0.2) is 73.8 Å². The highest BCUT2D eigenvalue weighted by Gasteiger charge is 2.30. The summed E-state index contributed by atoms with van der Waals surface area (Å²) in [6, 6.07) is 8.71. The van der Waals surface area contributed by atoms with E-state index >= 15 is 0 Å². The minimum atomic E-state index is -3.46. The Bertz CT molecular complexity index is 652. The molecule has 3 rings (SSSR count). The van der Waals surface area contributed by atoms with Gasteiger partial charge in [-0.3, -0.25) is 4.79 Å². The van der Waals surface area contributed by atoms with Crippen LogP contribution in [-0.2, 0) is 14.8 Å². The Labute approximate surface area is 147 Å². The van der Waals surface area contributed by atoms with Gasteiger partial charge in [-0.1, -0.05) is 18.2 Å². The third kappa shape index (κ3) is 4.11. The van der Waals surface area contributed by atoms with Crippen molar-refractivity contribution in [1.82, 2.24) is 14.5 Å². The van der Waals surface area contributed by atoms with Gasteiger partial charge in [0, 0.05) is 56.7 Å². The molecule has 0 spiro atoms. The van der Waals surface area contributed by atoms with Crippen LogP contribution >= 0.6 is 11.8 Å². The molecule has 2 aliphatic heterocycles. The van der Waals surface area contributed by atoms with E-state index < -0.39 is 10.0 Å². The Morgan fingerprint density at radius 2 is 1.88 bits per heavy atom. The first kappa shape index (κ1) is 17.7. The maximum atomic E-state index is 12.6. The van der Waals surface area contributed by atoms with Gasteiger partial charge in [0.15, 0.2) is 0 Å². The third-order valence-electron chi connectivity index (χ3n) is 4.39. The number of nitrogens with one attached hydrogen (secondary N) is 1. The molecule has 1 aromatic rings. The van der Waals surface area contributed by atoms with Crippen LogP contribution in [0.2, 0.25) is 0 Å². The topological polar surface area (TPSA) is 69.7 Å². The average molecular weight is 370 g/mol. The van der Waals surface area contributed by atoms with Gasteiger partial charge in [-0.15, -0.1) is 0 Å². The van der Waals surface area contributed by atoms with Crippen molar-refractivity contribution in [3.05, 3.63) is 30.3 Å². The molecule has 0 aromatic heterocycles. The molecule has 0 aliphatic carbocycles. The maximum Gasteiger partial charge on any atom is 0.243 e. The molecule has 132 valence electrons. The van der Waals surface area contributed by atoms with Gasteiger partial charge < -0.3 is 10.2 Å². The summed E-state index contributed by atoms with van der Waals surface area (Å²) in [7, 11) is -3.46. The Balaban J connectivity index is 1.54. The molecule has 2 fully saturated rings. The summed E-state index contributed by atoms with van der Waals surface area (Å²) in [6.45, 7) is 2.59. The lowest BCUT2D eigenvalue weighted by Gasteiger charge is -2.35. The zero-order chi connectivity index (χ0) is 17.0. The lowest BCUT2D eigenvalue weighted by atomic mass is 10.2. The van der Waals surface area contributed by atoms with Crippen molar-refractivity contribution in [3.63, 3.8) is 0 Å². The van der Waals surface area contributed by atoms with Gasteiger partial charge in [0.05, 0.1) is 4.90 Å². The van der Waals surface area contributed by atoms with Crippen LogP contribution in [0.4, 0.5) is 0 Å². The Hall–Kier alpha value is -1.09. The van der Waals surface area contributed by atoms with Gasteiger partial charge >= 0.3 is 0 Å². The van der Waals surface area contributed by atoms with Crippen molar-refractivity contribution in [2.45, 2.75) is 17.4 Å². The van der Waals surface area contributed by atoms with Crippen LogP contribution in [0.5, 0.6) is 0 Å². The van der Waals surface area contributed by atoms with Gasteiger partial charge in [-0.25, -0.2) is 8.42 Å². The first-order chi connectivity index (χ1) is 11.6. The van der Waals surface area contributed by atoms with E-state index in [9.17, 15) is 13.2 Å². The zero-order valence-corrected chi connectivity index (χ0v) is 15.2. The molecule has 6 nitrogen and oxygen atoms in total. The number of piperazine rings is 1. The summed E-state index contributed by atoms with van der Waals surface area (Å²) in [5.74, 6) is 2.18. The van der Waals surface area contributed by atoms with Crippen LogP contribution in [0.25, 0.3) is 0 Å². The summed E-state index contributed by atoms with van der Waals surface area (Å²) < 4.78 is 26.7. The molecule has 0 radical (unpaired) electrons. The Morgan fingerprint density at radius 1 is 1.17 bits per heavy atom. The molecule has 2 saturated heterocycles. The molecule has 0 bridgehead atoms. The molecule has 1 aromatic carbocycles. The smallest absolute Gasteiger partial charge is 0.243 e. The van der Waals surface area contributed by atoms with Crippen LogP contribution in [0.3, 0.4) is 0 Å². The normalized spacial score (nSPS) is 23.2. The number of nitrogens with zero attached hydrogens (tertiary/aromatic N) is 2. The summed E-state index contributed by atoms with van der Waals surface area (Å²) in [5.41, 5.74) is 0. The lowest BCUT2D eigenvalue weighted by molar-refractivity contribution is -0.132. The standard InChI is InChI=1S/C16H23N3O3S2/c20-16(12-14-13-23-11-6-17-14)18-7-9-19(10-8-18)24(21,22)15-4-2-1-3-5-15/h1-5,14,17H,6-13H2. The molecule has 1 amide bonds. The molecule has 2 aliphatic rings. The summed E-state index contributed by atoms with van der Waals surface area (Å²) in [6.07, 6.45) is 0.498. The molecule has 1 unspecified atom stereocenters. The molecule has 1 N–H and O–H groups in total. The summed E-state index contributed by atoms with van der Waals surface area (Å²) in [4.78, 5) is 14.5. The Morgan fingerprint density at radius 3 is 2.50 bits per heavy atom. The molecule has 2 heterocycles. The number of amides is 1. The van der Waals surface area contributed by atoms with Crippen molar-refractivity contribution in [2.24, 2.45) is 0 Å². The van der Waals surface area contributed by atoms with E-state index in [0.29, 0.717) is 37.5 Å². The molecule has 8 heteroatoms. The first-order valence-corrected chi connectivity index (χ1v) is 10.8. The van der Waals surface area contributed by atoms with E-state index in [-0.39, 0.29) is 11.9 Å². The average Bonchev–Trinajstić information content (AvgIpc) is 2.63. The van der Waals surface area contributed by atoms with Crippen molar-refractivity contribution < 1.29 is 13.2 Å². The van der Waals surface area contributed by atoms with E-state index in [2.05, 4.69) is 5.32 Å². The Kier molecular flexibility index (Phi) is 5.80. The maximum absolute atomic E-state index is 12.6. The number of hydrogen-bond donors (Lipinski definition) is 1. The van der Waals surface area contributed by atoms with E-state index in [1.54, 1.807) is 35.2 Å².